The van der Waals surface area contributed by atoms with Crippen LogP contribution in [0.4, 0.5) is 0 Å². The van der Waals surface area contributed by atoms with Crippen LogP contribution in [-0.4, -0.2) is 16.7 Å². The minimum Gasteiger partial charge on any atom is -0.374 e. The summed E-state index contributed by atoms with van der Waals surface area (Å²) < 4.78 is 10.3. The zero-order valence-corrected chi connectivity index (χ0v) is 10.4. The van der Waals surface area contributed by atoms with Crippen LogP contribution >= 0.6 is 0 Å². The predicted molar refractivity (Wildman–Crippen MR) is 66.7 cm³/mol. The van der Waals surface area contributed by atoms with Crippen molar-refractivity contribution in [1.82, 2.24) is 10.1 Å². The molecule has 96 valence electrons. The van der Waals surface area contributed by atoms with Crippen molar-refractivity contribution in [1.29, 1.82) is 0 Å². The van der Waals surface area contributed by atoms with E-state index in [4.69, 9.17) is 15.0 Å². The van der Waals surface area contributed by atoms with Crippen LogP contribution in [0.1, 0.15) is 30.2 Å². The van der Waals surface area contributed by atoms with E-state index in [9.17, 15) is 0 Å². The Balaban J connectivity index is 1.96. The van der Waals surface area contributed by atoms with Crippen molar-refractivity contribution >= 4 is 0 Å². The first-order chi connectivity index (χ1) is 8.79. The van der Waals surface area contributed by atoms with Gasteiger partial charge in [0, 0.05) is 6.61 Å². The van der Waals surface area contributed by atoms with Gasteiger partial charge in [0.15, 0.2) is 5.82 Å². The highest BCUT2D eigenvalue weighted by molar-refractivity contribution is 5.16. The number of benzene rings is 1. The molecule has 2 N–H and O–H groups in total. The van der Waals surface area contributed by atoms with Crippen molar-refractivity contribution in [2.75, 3.05) is 6.61 Å². The summed E-state index contributed by atoms with van der Waals surface area (Å²) >= 11 is 0. The molecule has 1 aromatic carbocycles. The van der Waals surface area contributed by atoms with E-state index in [1.807, 2.05) is 37.3 Å². The van der Waals surface area contributed by atoms with Gasteiger partial charge >= 0.3 is 0 Å². The van der Waals surface area contributed by atoms with Crippen molar-refractivity contribution in [3.05, 3.63) is 47.6 Å². The lowest BCUT2D eigenvalue weighted by Gasteiger charge is -2.05. The highest BCUT2D eigenvalue weighted by atomic mass is 16.5. The highest BCUT2D eigenvalue weighted by Crippen LogP contribution is 2.14. The molecule has 0 saturated heterocycles. The Hall–Kier alpha value is -1.72. The molecule has 0 fully saturated rings. The second-order valence-electron chi connectivity index (χ2n) is 3.98. The lowest BCUT2D eigenvalue weighted by molar-refractivity contribution is 0.126. The molecule has 2 rings (SSSR count). The topological polar surface area (TPSA) is 74.2 Å². The summed E-state index contributed by atoms with van der Waals surface area (Å²) in [6.45, 7) is 2.90. The molecule has 0 saturated carbocycles. The van der Waals surface area contributed by atoms with Crippen molar-refractivity contribution in [3.8, 4) is 0 Å². The van der Waals surface area contributed by atoms with E-state index in [0.29, 0.717) is 31.3 Å². The van der Waals surface area contributed by atoms with Crippen LogP contribution in [0, 0.1) is 0 Å². The van der Waals surface area contributed by atoms with Crippen LogP contribution in [0.2, 0.25) is 0 Å². The molecule has 1 heterocycles. The fraction of sp³-hybridized carbons (Fsp3) is 0.385. The van der Waals surface area contributed by atoms with Gasteiger partial charge in [-0.05, 0) is 18.9 Å². The minimum absolute atomic E-state index is 0.282. The molecule has 0 amide bonds. The third-order valence-electron chi connectivity index (χ3n) is 2.53. The second kappa shape index (κ2) is 6.28. The number of aromatic nitrogens is 2. The summed E-state index contributed by atoms with van der Waals surface area (Å²) in [7, 11) is 0. The van der Waals surface area contributed by atoms with Crippen LogP contribution in [0.3, 0.4) is 0 Å². The smallest absolute Gasteiger partial charge is 0.243 e. The van der Waals surface area contributed by atoms with Crippen molar-refractivity contribution in [2.45, 2.75) is 26.0 Å². The van der Waals surface area contributed by atoms with E-state index >= 15 is 0 Å². The second-order valence-corrected chi connectivity index (χ2v) is 3.98. The van der Waals surface area contributed by atoms with Crippen LogP contribution in [0.25, 0.3) is 0 Å². The minimum atomic E-state index is -0.282. The predicted octanol–water partition coefficient (Wildman–Crippen LogP) is 1.85. The van der Waals surface area contributed by atoms with Gasteiger partial charge in [-0.3, -0.25) is 0 Å². The first-order valence-electron chi connectivity index (χ1n) is 5.99. The number of hydrogen-bond donors (Lipinski definition) is 1. The molecule has 0 radical (unpaired) electrons. The van der Waals surface area contributed by atoms with Crippen LogP contribution in [0.15, 0.2) is 34.9 Å². The average molecular weight is 247 g/mol. The van der Waals surface area contributed by atoms with Crippen molar-refractivity contribution in [2.24, 2.45) is 5.73 Å². The maximum atomic E-state index is 6.03. The van der Waals surface area contributed by atoms with E-state index in [0.717, 1.165) is 5.56 Å². The Morgan fingerprint density at radius 2 is 2.11 bits per heavy atom. The average Bonchev–Trinajstić information content (AvgIpc) is 2.86. The zero-order valence-electron chi connectivity index (χ0n) is 10.4. The number of nitrogens with zero attached hydrogens (tertiary/aromatic N) is 2. The van der Waals surface area contributed by atoms with Gasteiger partial charge < -0.3 is 15.0 Å². The van der Waals surface area contributed by atoms with E-state index in [1.165, 1.54) is 0 Å². The highest BCUT2D eigenvalue weighted by Gasteiger charge is 2.15. The molecule has 5 heteroatoms. The summed E-state index contributed by atoms with van der Waals surface area (Å²) in [6, 6.07) is 9.71. The van der Waals surface area contributed by atoms with Crippen molar-refractivity contribution < 1.29 is 9.26 Å². The van der Waals surface area contributed by atoms with E-state index < -0.39 is 0 Å². The standard InChI is InChI=1S/C13H17N3O2/c1-2-17-9-12-15-13(18-16-12)11(14)8-10-6-4-3-5-7-10/h3-7,11H,2,8-9,14H2,1H3/t11-/m0/s1. The molecule has 0 unspecified atom stereocenters. The summed E-state index contributed by atoms with van der Waals surface area (Å²) in [6.07, 6.45) is 0.678. The Morgan fingerprint density at radius 1 is 1.33 bits per heavy atom. The Bertz CT molecular complexity index is 470. The molecule has 5 nitrogen and oxygen atoms in total. The molecule has 0 bridgehead atoms. The van der Waals surface area contributed by atoms with Crippen molar-refractivity contribution in [3.63, 3.8) is 0 Å². The first kappa shape index (κ1) is 12.7. The molecule has 1 aromatic heterocycles. The molecule has 0 aliphatic heterocycles. The lowest BCUT2D eigenvalue weighted by atomic mass is 10.1. The zero-order chi connectivity index (χ0) is 12.8. The SMILES string of the molecule is CCOCc1noc([C@@H](N)Cc2ccccc2)n1. The Kier molecular flexibility index (Phi) is 4.44. The van der Waals surface area contributed by atoms with E-state index in [-0.39, 0.29) is 6.04 Å². The van der Waals surface area contributed by atoms with Gasteiger partial charge in [-0.25, -0.2) is 0 Å². The number of nitrogens with two attached hydrogens (primary N) is 1. The summed E-state index contributed by atoms with van der Waals surface area (Å²) in [4.78, 5) is 4.22. The van der Waals surface area contributed by atoms with E-state index in [2.05, 4.69) is 10.1 Å². The van der Waals surface area contributed by atoms with Gasteiger partial charge in [0.25, 0.3) is 0 Å². The maximum Gasteiger partial charge on any atom is 0.243 e. The third-order valence-corrected chi connectivity index (χ3v) is 2.53. The lowest BCUT2D eigenvalue weighted by Crippen LogP contribution is -2.13. The summed E-state index contributed by atoms with van der Waals surface area (Å²) in [5, 5.41) is 3.83. The van der Waals surface area contributed by atoms with Crippen LogP contribution < -0.4 is 5.73 Å². The normalized spacial score (nSPS) is 12.6. The third kappa shape index (κ3) is 3.38. The van der Waals surface area contributed by atoms with Gasteiger partial charge in [0.05, 0.1) is 6.04 Å². The molecule has 0 aliphatic carbocycles. The maximum absolute atomic E-state index is 6.03. The molecular formula is C13H17N3O2. The Labute approximate surface area is 106 Å². The monoisotopic (exact) mass is 247 g/mol. The molecule has 0 aliphatic rings. The molecular weight excluding hydrogens is 230 g/mol. The number of hydrogen-bond acceptors (Lipinski definition) is 5. The fourth-order valence-electron chi connectivity index (χ4n) is 1.63. The summed E-state index contributed by atoms with van der Waals surface area (Å²) in [5.41, 5.74) is 7.18. The molecule has 1 atom stereocenters. The van der Waals surface area contributed by atoms with E-state index in [1.54, 1.807) is 0 Å². The largest absolute Gasteiger partial charge is 0.374 e. The van der Waals surface area contributed by atoms with Gasteiger partial charge in [-0.15, -0.1) is 0 Å². The quantitative estimate of drug-likeness (QED) is 0.843. The van der Waals surface area contributed by atoms with Gasteiger partial charge in [-0.2, -0.15) is 4.98 Å². The fourth-order valence-corrected chi connectivity index (χ4v) is 1.63. The first-order valence-corrected chi connectivity index (χ1v) is 5.99. The molecule has 18 heavy (non-hydrogen) atoms. The van der Waals surface area contributed by atoms with Gasteiger partial charge in [-0.1, -0.05) is 35.5 Å². The summed E-state index contributed by atoms with van der Waals surface area (Å²) in [5.74, 6) is 0.990. The number of rotatable bonds is 6. The van der Waals surface area contributed by atoms with Crippen LogP contribution in [0.5, 0.6) is 0 Å². The van der Waals surface area contributed by atoms with Gasteiger partial charge in [0.1, 0.15) is 6.61 Å². The van der Waals surface area contributed by atoms with Crippen LogP contribution in [-0.2, 0) is 17.8 Å². The molecule has 2 aromatic rings. The molecule has 0 spiro atoms. The Morgan fingerprint density at radius 3 is 2.83 bits per heavy atom. The van der Waals surface area contributed by atoms with Gasteiger partial charge in [0.2, 0.25) is 5.89 Å². The number of ether oxygens (including phenoxy) is 1.